The highest BCUT2D eigenvalue weighted by Crippen LogP contribution is 2.32. The monoisotopic (exact) mass is 601 g/mol. The Balaban J connectivity index is 2.05. The smallest absolute Gasteiger partial charge is 0.264 e. The van der Waals surface area contributed by atoms with Crippen molar-refractivity contribution in [3.8, 4) is 11.5 Å². The highest BCUT2D eigenvalue weighted by molar-refractivity contribution is 7.92. The van der Waals surface area contributed by atoms with Crippen LogP contribution >= 0.6 is 11.6 Å². The maximum absolute atomic E-state index is 14.0. The fourth-order valence-electron chi connectivity index (χ4n) is 4.30. The summed E-state index contributed by atoms with van der Waals surface area (Å²) in [6.45, 7) is 3.77. The summed E-state index contributed by atoms with van der Waals surface area (Å²) < 4.78 is 39.7. The highest BCUT2D eigenvalue weighted by Gasteiger charge is 2.34. The molecule has 0 saturated carbocycles. The summed E-state index contributed by atoms with van der Waals surface area (Å²) in [7, 11) is -1.39. The summed E-state index contributed by atoms with van der Waals surface area (Å²) in [5.41, 5.74) is 1.05. The molecule has 0 aliphatic carbocycles. The minimum Gasteiger partial charge on any atom is -0.493 e. The van der Waals surface area contributed by atoms with E-state index in [0.29, 0.717) is 29.4 Å². The quantitative estimate of drug-likeness (QED) is 0.282. The van der Waals surface area contributed by atoms with E-state index >= 15 is 0 Å². The molecular formula is C30H36ClN3O6S. The third-order valence-corrected chi connectivity index (χ3v) is 8.49. The first-order valence-corrected chi connectivity index (χ1v) is 15.1. The number of ether oxygens (including phenoxy) is 2. The minimum atomic E-state index is -4.25. The molecule has 1 atom stereocenters. The van der Waals surface area contributed by atoms with Gasteiger partial charge in [-0.05, 0) is 54.8 Å². The van der Waals surface area contributed by atoms with Crippen LogP contribution in [-0.2, 0) is 26.2 Å². The van der Waals surface area contributed by atoms with Crippen molar-refractivity contribution < 1.29 is 27.5 Å². The molecule has 0 saturated heterocycles. The topological polar surface area (TPSA) is 105 Å². The third kappa shape index (κ3) is 7.92. The first-order valence-electron chi connectivity index (χ1n) is 13.3. The summed E-state index contributed by atoms with van der Waals surface area (Å²) in [6.07, 6.45) is 1.07. The largest absolute Gasteiger partial charge is 0.493 e. The van der Waals surface area contributed by atoms with Crippen LogP contribution in [0.1, 0.15) is 32.3 Å². The number of hydrogen-bond donors (Lipinski definition) is 1. The third-order valence-electron chi connectivity index (χ3n) is 6.47. The molecule has 3 rings (SSSR count). The molecule has 0 aliphatic rings. The molecule has 0 fully saturated rings. The van der Waals surface area contributed by atoms with Gasteiger partial charge in [0.15, 0.2) is 11.5 Å². The van der Waals surface area contributed by atoms with Gasteiger partial charge >= 0.3 is 0 Å². The molecular weight excluding hydrogens is 566 g/mol. The molecule has 0 radical (unpaired) electrons. The van der Waals surface area contributed by atoms with Crippen LogP contribution < -0.4 is 19.1 Å². The maximum atomic E-state index is 14.0. The molecule has 0 spiro atoms. The van der Waals surface area contributed by atoms with Crippen LogP contribution in [0.5, 0.6) is 11.5 Å². The number of para-hydroxylation sites is 1. The van der Waals surface area contributed by atoms with Gasteiger partial charge in [-0.2, -0.15) is 0 Å². The maximum Gasteiger partial charge on any atom is 0.264 e. The second-order valence-corrected chi connectivity index (χ2v) is 11.5. The van der Waals surface area contributed by atoms with Gasteiger partial charge < -0.3 is 19.7 Å². The number of amides is 2. The zero-order valence-electron chi connectivity index (χ0n) is 23.7. The van der Waals surface area contributed by atoms with E-state index in [1.807, 2.05) is 13.8 Å². The van der Waals surface area contributed by atoms with Crippen molar-refractivity contribution in [2.75, 3.05) is 31.6 Å². The van der Waals surface area contributed by atoms with E-state index in [9.17, 15) is 18.0 Å². The fraction of sp³-hybridized carbons (Fsp3) is 0.333. The van der Waals surface area contributed by atoms with Gasteiger partial charge in [-0.1, -0.05) is 55.8 Å². The number of rotatable bonds is 14. The number of halogens is 1. The Kier molecular flexibility index (Phi) is 11.4. The number of hydrogen-bond acceptors (Lipinski definition) is 6. The van der Waals surface area contributed by atoms with E-state index in [0.717, 1.165) is 16.3 Å². The Hall–Kier alpha value is -3.76. The van der Waals surface area contributed by atoms with Gasteiger partial charge in [0, 0.05) is 24.2 Å². The Morgan fingerprint density at radius 3 is 2.17 bits per heavy atom. The molecule has 0 unspecified atom stereocenters. The summed E-state index contributed by atoms with van der Waals surface area (Å²) >= 11 is 6.06. The average molecular weight is 602 g/mol. The highest BCUT2D eigenvalue weighted by atomic mass is 35.5. The predicted octanol–water partition coefficient (Wildman–Crippen LogP) is 4.89. The summed E-state index contributed by atoms with van der Waals surface area (Å²) in [4.78, 5) is 28.5. The summed E-state index contributed by atoms with van der Waals surface area (Å²) in [5, 5.41) is 3.40. The zero-order chi connectivity index (χ0) is 30.0. The van der Waals surface area contributed by atoms with Crippen molar-refractivity contribution in [3.05, 3.63) is 83.4 Å². The number of nitrogens with zero attached hydrogens (tertiary/aromatic N) is 2. The van der Waals surface area contributed by atoms with Crippen molar-refractivity contribution in [3.63, 3.8) is 0 Å². The normalized spacial score (nSPS) is 11.8. The average Bonchev–Trinajstić information content (AvgIpc) is 2.99. The van der Waals surface area contributed by atoms with Crippen molar-refractivity contribution in [2.45, 2.75) is 44.2 Å². The van der Waals surface area contributed by atoms with Crippen LogP contribution in [0.15, 0.2) is 77.7 Å². The molecule has 9 nitrogen and oxygen atoms in total. The van der Waals surface area contributed by atoms with Crippen LogP contribution in [0.2, 0.25) is 5.02 Å². The van der Waals surface area contributed by atoms with E-state index in [1.165, 1.54) is 37.3 Å². The zero-order valence-corrected chi connectivity index (χ0v) is 25.2. The standard InChI is InChI=1S/C30H36ClN3O6S/c1-5-18-32-30(36)26(6-2)33(20-22-12-14-23(31)15-13-22)29(35)21-34(24-10-8-7-9-11-24)41(37,38)25-16-17-27(39-3)28(19-25)40-4/h7-17,19,26H,5-6,18,20-21H2,1-4H3,(H,32,36)/t26-/m1/s1. The molecule has 0 aromatic heterocycles. The Morgan fingerprint density at radius 1 is 0.927 bits per heavy atom. The lowest BCUT2D eigenvalue weighted by Crippen LogP contribution is -2.52. The van der Waals surface area contributed by atoms with Crippen molar-refractivity contribution >= 4 is 39.1 Å². The molecule has 41 heavy (non-hydrogen) atoms. The van der Waals surface area contributed by atoms with Gasteiger partial charge in [0.05, 0.1) is 24.8 Å². The number of sulfonamides is 1. The van der Waals surface area contributed by atoms with Gasteiger partial charge in [-0.15, -0.1) is 0 Å². The van der Waals surface area contributed by atoms with Gasteiger partial charge in [0.25, 0.3) is 10.0 Å². The number of methoxy groups -OCH3 is 2. The summed E-state index contributed by atoms with van der Waals surface area (Å²) in [6, 6.07) is 18.7. The van der Waals surface area contributed by atoms with Crippen LogP contribution in [0, 0.1) is 0 Å². The lowest BCUT2D eigenvalue weighted by Gasteiger charge is -2.33. The fourth-order valence-corrected chi connectivity index (χ4v) is 5.86. The second kappa shape index (κ2) is 14.7. The van der Waals surface area contributed by atoms with Crippen LogP contribution in [0.4, 0.5) is 5.69 Å². The molecule has 11 heteroatoms. The summed E-state index contributed by atoms with van der Waals surface area (Å²) in [5.74, 6) is -0.236. The van der Waals surface area contributed by atoms with E-state index in [4.69, 9.17) is 21.1 Å². The first kappa shape index (κ1) is 31.8. The Bertz CT molecular complexity index is 1420. The van der Waals surface area contributed by atoms with Gasteiger partial charge in [-0.3, -0.25) is 13.9 Å². The number of benzene rings is 3. The van der Waals surface area contributed by atoms with Gasteiger partial charge in [0.1, 0.15) is 12.6 Å². The molecule has 1 N–H and O–H groups in total. The lowest BCUT2D eigenvalue weighted by molar-refractivity contribution is -0.140. The van der Waals surface area contributed by atoms with Gasteiger partial charge in [0.2, 0.25) is 11.8 Å². The molecule has 3 aromatic carbocycles. The second-order valence-electron chi connectivity index (χ2n) is 9.23. The van der Waals surface area contributed by atoms with E-state index in [2.05, 4.69) is 5.32 Å². The van der Waals surface area contributed by atoms with E-state index in [-0.39, 0.29) is 23.1 Å². The van der Waals surface area contributed by atoms with Crippen LogP contribution in [0.25, 0.3) is 0 Å². The molecule has 0 heterocycles. The SMILES string of the molecule is CCCNC(=O)[C@@H](CC)N(Cc1ccc(Cl)cc1)C(=O)CN(c1ccccc1)S(=O)(=O)c1ccc(OC)c(OC)c1. The number of carbonyl (C=O) groups excluding carboxylic acids is 2. The number of nitrogens with one attached hydrogen (secondary N) is 1. The van der Waals surface area contributed by atoms with Crippen LogP contribution in [0.3, 0.4) is 0 Å². The molecule has 0 aliphatic heterocycles. The number of anilines is 1. The van der Waals surface area contributed by atoms with Gasteiger partial charge in [-0.25, -0.2) is 8.42 Å². The lowest BCUT2D eigenvalue weighted by atomic mass is 10.1. The van der Waals surface area contributed by atoms with Crippen molar-refractivity contribution in [2.24, 2.45) is 0 Å². The Labute approximate surface area is 247 Å². The number of carbonyl (C=O) groups is 2. The Morgan fingerprint density at radius 2 is 1.59 bits per heavy atom. The predicted molar refractivity (Wildman–Crippen MR) is 160 cm³/mol. The first-order chi connectivity index (χ1) is 19.7. The molecule has 220 valence electrons. The molecule has 3 aromatic rings. The van der Waals surface area contributed by atoms with Crippen molar-refractivity contribution in [1.82, 2.24) is 10.2 Å². The van der Waals surface area contributed by atoms with E-state index in [1.54, 1.807) is 54.6 Å². The van der Waals surface area contributed by atoms with Crippen molar-refractivity contribution in [1.29, 1.82) is 0 Å². The molecule has 2 amide bonds. The van der Waals surface area contributed by atoms with E-state index < -0.39 is 28.5 Å². The molecule has 0 bridgehead atoms. The van der Waals surface area contributed by atoms with Crippen LogP contribution in [-0.4, -0.2) is 58.5 Å². The minimum absolute atomic E-state index is 0.0798.